The van der Waals surface area contributed by atoms with Crippen LogP contribution in [-0.4, -0.2) is 11.8 Å². The quantitative estimate of drug-likeness (QED) is 0.787. The van der Waals surface area contributed by atoms with E-state index in [4.69, 9.17) is 5.73 Å². The van der Waals surface area contributed by atoms with Crippen molar-refractivity contribution in [1.29, 1.82) is 0 Å². The summed E-state index contributed by atoms with van der Waals surface area (Å²) in [5.41, 5.74) is 5.04. The number of carbonyl (C=O) groups excluding carboxylic acids is 2. The Labute approximate surface area is 129 Å². The minimum atomic E-state index is -3.29. The fourth-order valence-electron chi connectivity index (χ4n) is 2.02. The SMILES string of the molecule is NC(=O)CCC(=O)NP(=O)(c1ccccc1)c1ccccc1. The van der Waals surface area contributed by atoms with Crippen molar-refractivity contribution in [2.45, 2.75) is 12.8 Å². The molecule has 0 saturated heterocycles. The lowest BCUT2D eigenvalue weighted by Crippen LogP contribution is -2.32. The number of amides is 2. The maximum Gasteiger partial charge on any atom is 0.229 e. The summed E-state index contributed by atoms with van der Waals surface area (Å²) in [4.78, 5) is 22.8. The number of hydrogen-bond acceptors (Lipinski definition) is 3. The molecule has 5 nitrogen and oxygen atoms in total. The summed E-state index contributed by atoms with van der Waals surface area (Å²) >= 11 is 0. The molecule has 0 heterocycles. The smallest absolute Gasteiger partial charge is 0.229 e. The second-order valence-corrected chi connectivity index (χ2v) is 7.26. The van der Waals surface area contributed by atoms with Gasteiger partial charge in [0.2, 0.25) is 19.1 Å². The van der Waals surface area contributed by atoms with E-state index in [1.54, 1.807) is 48.5 Å². The first-order valence-corrected chi connectivity index (χ1v) is 8.54. The largest absolute Gasteiger partial charge is 0.370 e. The van der Waals surface area contributed by atoms with E-state index < -0.39 is 19.1 Å². The summed E-state index contributed by atoms with van der Waals surface area (Å²) in [5.74, 6) is -1.03. The molecule has 22 heavy (non-hydrogen) atoms. The van der Waals surface area contributed by atoms with Gasteiger partial charge in [-0.15, -0.1) is 0 Å². The van der Waals surface area contributed by atoms with E-state index in [9.17, 15) is 14.2 Å². The highest BCUT2D eigenvalue weighted by atomic mass is 31.2. The second-order valence-electron chi connectivity index (χ2n) is 4.78. The van der Waals surface area contributed by atoms with Gasteiger partial charge in [-0.2, -0.15) is 0 Å². The first kappa shape index (κ1) is 16.0. The van der Waals surface area contributed by atoms with Gasteiger partial charge < -0.3 is 5.73 Å². The maximum atomic E-state index is 13.4. The van der Waals surface area contributed by atoms with Crippen molar-refractivity contribution in [1.82, 2.24) is 5.09 Å². The Morgan fingerprint density at radius 1 is 0.864 bits per heavy atom. The van der Waals surface area contributed by atoms with E-state index in [-0.39, 0.29) is 12.8 Å². The molecule has 0 aliphatic carbocycles. The van der Waals surface area contributed by atoms with Gasteiger partial charge in [0.1, 0.15) is 0 Å². The number of hydrogen-bond donors (Lipinski definition) is 2. The van der Waals surface area contributed by atoms with E-state index in [1.807, 2.05) is 12.1 Å². The third-order valence-electron chi connectivity index (χ3n) is 3.12. The average molecular weight is 316 g/mol. The van der Waals surface area contributed by atoms with Crippen LogP contribution in [0.25, 0.3) is 0 Å². The number of nitrogens with two attached hydrogens (primary N) is 1. The summed E-state index contributed by atoms with van der Waals surface area (Å²) in [6.45, 7) is 0. The molecule has 0 spiro atoms. The molecule has 2 rings (SSSR count). The van der Waals surface area contributed by atoms with Crippen molar-refractivity contribution >= 4 is 29.7 Å². The van der Waals surface area contributed by atoms with Crippen LogP contribution in [0, 0.1) is 0 Å². The second kappa shape index (κ2) is 7.05. The molecule has 0 unspecified atom stereocenters. The zero-order chi connectivity index (χ0) is 16.0. The molecule has 0 aromatic heterocycles. The van der Waals surface area contributed by atoms with E-state index in [2.05, 4.69) is 5.09 Å². The molecule has 2 aromatic rings. The van der Waals surface area contributed by atoms with Gasteiger partial charge >= 0.3 is 0 Å². The highest BCUT2D eigenvalue weighted by Gasteiger charge is 2.29. The first-order chi connectivity index (χ1) is 10.5. The van der Waals surface area contributed by atoms with Gasteiger partial charge in [0.15, 0.2) is 0 Å². The lowest BCUT2D eigenvalue weighted by Gasteiger charge is -2.20. The fourth-order valence-corrected chi connectivity index (χ4v) is 4.23. The van der Waals surface area contributed by atoms with Crippen LogP contribution in [0.4, 0.5) is 0 Å². The molecule has 0 atom stereocenters. The van der Waals surface area contributed by atoms with Crippen LogP contribution in [0.15, 0.2) is 60.7 Å². The molecule has 0 aliphatic rings. The van der Waals surface area contributed by atoms with Crippen LogP contribution >= 0.6 is 7.29 Å². The summed E-state index contributed by atoms with van der Waals surface area (Å²) < 4.78 is 13.4. The summed E-state index contributed by atoms with van der Waals surface area (Å²) in [5, 5.41) is 3.66. The summed E-state index contributed by atoms with van der Waals surface area (Å²) in [6, 6.07) is 17.5. The van der Waals surface area contributed by atoms with Gasteiger partial charge in [0.05, 0.1) is 0 Å². The van der Waals surface area contributed by atoms with Crippen LogP contribution in [-0.2, 0) is 14.2 Å². The molecular formula is C16H17N2O3P. The number of benzene rings is 2. The monoisotopic (exact) mass is 316 g/mol. The Bertz CT molecular complexity index is 658. The van der Waals surface area contributed by atoms with Crippen molar-refractivity contribution < 1.29 is 14.2 Å². The molecule has 0 radical (unpaired) electrons. The standard InChI is InChI=1S/C16H17N2O3P/c17-15(19)11-12-16(20)18-22(21,13-7-3-1-4-8-13)14-9-5-2-6-10-14/h1-10H,11-12H2,(H2,17,19)(H,18,20,21). The molecule has 2 aromatic carbocycles. The molecule has 0 fully saturated rings. The van der Waals surface area contributed by atoms with Gasteiger partial charge in [0.25, 0.3) is 0 Å². The van der Waals surface area contributed by atoms with Crippen LogP contribution < -0.4 is 21.4 Å². The van der Waals surface area contributed by atoms with E-state index in [0.717, 1.165) is 0 Å². The zero-order valence-electron chi connectivity index (χ0n) is 11.9. The average Bonchev–Trinajstić information content (AvgIpc) is 2.54. The van der Waals surface area contributed by atoms with Gasteiger partial charge in [-0.05, 0) is 24.3 Å². The van der Waals surface area contributed by atoms with Gasteiger partial charge in [-0.1, -0.05) is 36.4 Å². The van der Waals surface area contributed by atoms with E-state index in [1.165, 1.54) is 0 Å². The Balaban J connectivity index is 2.33. The maximum absolute atomic E-state index is 13.4. The van der Waals surface area contributed by atoms with Gasteiger partial charge in [-0.3, -0.25) is 19.2 Å². The molecular weight excluding hydrogens is 299 g/mol. The third-order valence-corrected chi connectivity index (χ3v) is 5.74. The van der Waals surface area contributed by atoms with Crippen LogP contribution in [0.3, 0.4) is 0 Å². The van der Waals surface area contributed by atoms with Gasteiger partial charge in [0, 0.05) is 23.5 Å². The summed E-state index contributed by atoms with van der Waals surface area (Å²) in [6.07, 6.45) is -0.158. The minimum Gasteiger partial charge on any atom is -0.370 e. The Morgan fingerprint density at radius 2 is 1.32 bits per heavy atom. The first-order valence-electron chi connectivity index (χ1n) is 6.83. The van der Waals surface area contributed by atoms with Crippen molar-refractivity contribution in [3.63, 3.8) is 0 Å². The third kappa shape index (κ3) is 3.83. The minimum absolute atomic E-state index is 0.0740. The Hall–Kier alpha value is -2.39. The zero-order valence-corrected chi connectivity index (χ0v) is 12.8. The molecule has 114 valence electrons. The lowest BCUT2D eigenvalue weighted by molar-refractivity contribution is -0.123. The van der Waals surface area contributed by atoms with Crippen molar-refractivity contribution in [3.05, 3.63) is 60.7 Å². The number of nitrogens with one attached hydrogen (secondary N) is 1. The van der Waals surface area contributed by atoms with Crippen LogP contribution in [0.1, 0.15) is 12.8 Å². The number of primary amides is 1. The van der Waals surface area contributed by atoms with E-state index >= 15 is 0 Å². The highest BCUT2D eigenvalue weighted by Crippen LogP contribution is 2.38. The molecule has 3 N–H and O–H groups in total. The van der Waals surface area contributed by atoms with Crippen LogP contribution in [0.2, 0.25) is 0 Å². The Kier molecular flexibility index (Phi) is 5.12. The molecule has 0 saturated carbocycles. The lowest BCUT2D eigenvalue weighted by atomic mass is 10.3. The predicted octanol–water partition coefficient (Wildman–Crippen LogP) is 1.30. The number of rotatable bonds is 6. The fraction of sp³-hybridized carbons (Fsp3) is 0.125. The summed E-state index contributed by atoms with van der Waals surface area (Å²) in [7, 11) is -3.29. The molecule has 0 aliphatic heterocycles. The molecule has 0 bridgehead atoms. The normalized spacial score (nSPS) is 10.9. The van der Waals surface area contributed by atoms with Crippen molar-refractivity contribution in [2.24, 2.45) is 5.73 Å². The van der Waals surface area contributed by atoms with Gasteiger partial charge in [-0.25, -0.2) is 0 Å². The van der Waals surface area contributed by atoms with Crippen LogP contribution in [0.5, 0.6) is 0 Å². The highest BCUT2D eigenvalue weighted by molar-refractivity contribution is 7.77. The molecule has 6 heteroatoms. The number of carbonyl (C=O) groups is 2. The Morgan fingerprint density at radius 3 is 1.73 bits per heavy atom. The van der Waals surface area contributed by atoms with E-state index in [0.29, 0.717) is 10.6 Å². The predicted molar refractivity (Wildman–Crippen MR) is 86.3 cm³/mol. The topological polar surface area (TPSA) is 89.3 Å². The van der Waals surface area contributed by atoms with Crippen molar-refractivity contribution in [2.75, 3.05) is 0 Å². The van der Waals surface area contributed by atoms with Crippen molar-refractivity contribution in [3.8, 4) is 0 Å². The molecule has 2 amide bonds.